The number of rotatable bonds is 7. The average Bonchev–Trinajstić information content (AvgIpc) is 3.58. The lowest BCUT2D eigenvalue weighted by atomic mass is 10.1. The summed E-state index contributed by atoms with van der Waals surface area (Å²) in [7, 11) is 0. The number of halogens is 1. The van der Waals surface area contributed by atoms with E-state index in [2.05, 4.69) is 15.8 Å². The van der Waals surface area contributed by atoms with Crippen molar-refractivity contribution in [1.82, 2.24) is 10.7 Å². The smallest absolute Gasteiger partial charge is 0.287 e. The van der Waals surface area contributed by atoms with Gasteiger partial charge in [-0.25, -0.2) is 5.43 Å². The SMILES string of the molecule is O=C(NN=Cc1ccc(-c2ccccc2Cl)o1)C(=Cc1ccc2c(c1)OCO2)NC(=O)c1ccccc1. The van der Waals surface area contributed by atoms with E-state index in [4.69, 9.17) is 25.5 Å². The zero-order chi connectivity index (χ0) is 25.6. The number of ether oxygens (including phenoxy) is 2. The van der Waals surface area contributed by atoms with Crippen molar-refractivity contribution in [2.75, 3.05) is 6.79 Å². The number of benzene rings is 3. The van der Waals surface area contributed by atoms with Crippen molar-refractivity contribution in [2.24, 2.45) is 5.10 Å². The van der Waals surface area contributed by atoms with E-state index in [1.807, 2.05) is 18.2 Å². The first-order valence-corrected chi connectivity index (χ1v) is 11.6. The van der Waals surface area contributed by atoms with E-state index in [0.29, 0.717) is 39.2 Å². The summed E-state index contributed by atoms with van der Waals surface area (Å²) in [5.41, 5.74) is 4.18. The van der Waals surface area contributed by atoms with E-state index in [9.17, 15) is 9.59 Å². The average molecular weight is 514 g/mol. The van der Waals surface area contributed by atoms with Crippen molar-refractivity contribution in [2.45, 2.75) is 0 Å². The van der Waals surface area contributed by atoms with Crippen LogP contribution in [0.1, 0.15) is 21.7 Å². The first-order chi connectivity index (χ1) is 18.1. The predicted molar refractivity (Wildman–Crippen MR) is 139 cm³/mol. The zero-order valence-corrected chi connectivity index (χ0v) is 20.1. The number of hydrogen-bond acceptors (Lipinski definition) is 6. The monoisotopic (exact) mass is 513 g/mol. The summed E-state index contributed by atoms with van der Waals surface area (Å²) in [5.74, 6) is 1.06. The van der Waals surface area contributed by atoms with Gasteiger partial charge in [0.05, 0.1) is 11.2 Å². The molecule has 0 saturated heterocycles. The molecule has 4 aromatic rings. The number of amides is 2. The molecule has 1 aliphatic heterocycles. The van der Waals surface area contributed by atoms with E-state index in [1.54, 1.807) is 66.7 Å². The Hall–Kier alpha value is -4.82. The number of carbonyl (C=O) groups is 2. The van der Waals surface area contributed by atoms with E-state index >= 15 is 0 Å². The van der Waals surface area contributed by atoms with Gasteiger partial charge in [-0.3, -0.25) is 9.59 Å². The molecule has 0 aliphatic carbocycles. The van der Waals surface area contributed by atoms with Crippen LogP contribution < -0.4 is 20.2 Å². The zero-order valence-electron chi connectivity index (χ0n) is 19.3. The Morgan fingerprint density at radius 3 is 2.51 bits per heavy atom. The molecule has 1 aromatic heterocycles. The molecule has 9 heteroatoms. The van der Waals surface area contributed by atoms with Gasteiger partial charge in [-0.05, 0) is 60.2 Å². The standard InChI is InChI=1S/C28H20ClN3O5/c29-22-9-5-4-8-21(22)24-13-11-20(37-24)16-30-32-28(34)23(31-27(33)19-6-2-1-3-7-19)14-18-10-12-25-26(15-18)36-17-35-25/h1-16H,17H2,(H,31,33)(H,32,34). The Morgan fingerprint density at radius 1 is 0.892 bits per heavy atom. The molecule has 0 bridgehead atoms. The Bertz CT molecular complexity index is 1510. The highest BCUT2D eigenvalue weighted by Gasteiger charge is 2.17. The van der Waals surface area contributed by atoms with Crippen LogP contribution in [0.25, 0.3) is 17.4 Å². The number of furan rings is 1. The quantitative estimate of drug-likeness (QED) is 0.200. The van der Waals surface area contributed by atoms with E-state index in [1.165, 1.54) is 12.3 Å². The van der Waals surface area contributed by atoms with Crippen molar-refractivity contribution in [3.8, 4) is 22.8 Å². The molecule has 1 aliphatic rings. The highest BCUT2D eigenvalue weighted by molar-refractivity contribution is 6.33. The van der Waals surface area contributed by atoms with Crippen molar-refractivity contribution >= 4 is 35.7 Å². The van der Waals surface area contributed by atoms with Gasteiger partial charge in [0.2, 0.25) is 6.79 Å². The summed E-state index contributed by atoms with van der Waals surface area (Å²) in [4.78, 5) is 25.8. The Balaban J connectivity index is 1.34. The fourth-order valence-electron chi connectivity index (χ4n) is 3.55. The summed E-state index contributed by atoms with van der Waals surface area (Å²) in [6, 6.07) is 24.5. The Labute approximate surface area is 217 Å². The third-order valence-electron chi connectivity index (χ3n) is 5.36. The molecule has 0 fully saturated rings. The molecule has 0 atom stereocenters. The van der Waals surface area contributed by atoms with Crippen LogP contribution in [0.3, 0.4) is 0 Å². The molecule has 0 radical (unpaired) electrons. The number of fused-ring (bicyclic) bond motifs is 1. The number of carbonyl (C=O) groups excluding carboxylic acids is 2. The van der Waals surface area contributed by atoms with Crippen molar-refractivity contribution < 1.29 is 23.5 Å². The van der Waals surface area contributed by atoms with Gasteiger partial charge in [0.1, 0.15) is 17.2 Å². The van der Waals surface area contributed by atoms with Gasteiger partial charge in [-0.15, -0.1) is 0 Å². The molecule has 0 saturated carbocycles. The fraction of sp³-hybridized carbons (Fsp3) is 0.0357. The fourth-order valence-corrected chi connectivity index (χ4v) is 3.78. The maximum atomic E-state index is 13.0. The lowest BCUT2D eigenvalue weighted by Gasteiger charge is -2.09. The van der Waals surface area contributed by atoms with Crippen molar-refractivity contribution in [1.29, 1.82) is 0 Å². The first-order valence-electron chi connectivity index (χ1n) is 11.2. The molecule has 37 heavy (non-hydrogen) atoms. The normalized spacial score (nSPS) is 12.5. The minimum Gasteiger partial charge on any atom is -0.455 e. The van der Waals surface area contributed by atoms with Crippen LogP contribution in [0.15, 0.2) is 100 Å². The number of nitrogens with one attached hydrogen (secondary N) is 2. The molecule has 0 spiro atoms. The Morgan fingerprint density at radius 2 is 1.68 bits per heavy atom. The van der Waals surface area contributed by atoms with Crippen LogP contribution >= 0.6 is 11.6 Å². The predicted octanol–water partition coefficient (Wildman–Crippen LogP) is 5.25. The molecular weight excluding hydrogens is 494 g/mol. The topological polar surface area (TPSA) is 102 Å². The number of nitrogens with zero attached hydrogens (tertiary/aromatic N) is 1. The third kappa shape index (κ3) is 5.71. The first kappa shape index (κ1) is 23.9. The molecular formula is C28H20ClN3O5. The van der Waals surface area contributed by atoms with Gasteiger partial charge in [-0.1, -0.05) is 48.0 Å². The maximum absolute atomic E-state index is 13.0. The summed E-state index contributed by atoms with van der Waals surface area (Å²) >= 11 is 6.23. The molecule has 2 heterocycles. The highest BCUT2D eigenvalue weighted by atomic mass is 35.5. The van der Waals surface area contributed by atoms with E-state index in [-0.39, 0.29) is 12.5 Å². The minimum atomic E-state index is -0.629. The van der Waals surface area contributed by atoms with Crippen molar-refractivity contribution in [3.05, 3.63) is 113 Å². The van der Waals surface area contributed by atoms with Crippen LogP contribution in [0.4, 0.5) is 0 Å². The lowest BCUT2D eigenvalue weighted by Crippen LogP contribution is -2.32. The van der Waals surface area contributed by atoms with Crippen LogP contribution in [0.5, 0.6) is 11.5 Å². The molecule has 0 unspecified atom stereocenters. The largest absolute Gasteiger partial charge is 0.455 e. The van der Waals surface area contributed by atoms with Crippen LogP contribution in [-0.4, -0.2) is 24.8 Å². The summed E-state index contributed by atoms with van der Waals surface area (Å²) in [5, 5.41) is 7.20. The Kier molecular flexibility index (Phi) is 7.00. The van der Waals surface area contributed by atoms with Crippen LogP contribution in [0.2, 0.25) is 5.02 Å². The molecule has 2 N–H and O–H groups in total. The molecule has 5 rings (SSSR count). The maximum Gasteiger partial charge on any atom is 0.287 e. The van der Waals surface area contributed by atoms with Gasteiger partial charge in [0.25, 0.3) is 11.8 Å². The lowest BCUT2D eigenvalue weighted by molar-refractivity contribution is -0.117. The second-order valence-corrected chi connectivity index (χ2v) is 8.28. The summed E-state index contributed by atoms with van der Waals surface area (Å²) in [6.45, 7) is 0.125. The van der Waals surface area contributed by atoms with Gasteiger partial charge < -0.3 is 19.2 Å². The van der Waals surface area contributed by atoms with E-state index < -0.39 is 11.8 Å². The van der Waals surface area contributed by atoms with Gasteiger partial charge >= 0.3 is 0 Å². The van der Waals surface area contributed by atoms with Gasteiger partial charge in [0.15, 0.2) is 11.5 Å². The number of hydrogen-bond donors (Lipinski definition) is 2. The molecule has 8 nitrogen and oxygen atoms in total. The summed E-state index contributed by atoms with van der Waals surface area (Å²) in [6.07, 6.45) is 2.88. The van der Waals surface area contributed by atoms with Crippen LogP contribution in [-0.2, 0) is 4.79 Å². The second kappa shape index (κ2) is 10.8. The number of hydrazone groups is 1. The summed E-state index contributed by atoms with van der Waals surface area (Å²) < 4.78 is 16.5. The third-order valence-corrected chi connectivity index (χ3v) is 5.69. The van der Waals surface area contributed by atoms with Crippen LogP contribution in [0, 0.1) is 0 Å². The molecule has 184 valence electrons. The van der Waals surface area contributed by atoms with Gasteiger partial charge in [-0.2, -0.15) is 5.10 Å². The van der Waals surface area contributed by atoms with Gasteiger partial charge in [0, 0.05) is 11.1 Å². The minimum absolute atomic E-state index is 0.0129. The van der Waals surface area contributed by atoms with Crippen molar-refractivity contribution in [3.63, 3.8) is 0 Å². The highest BCUT2D eigenvalue weighted by Crippen LogP contribution is 2.33. The second-order valence-electron chi connectivity index (χ2n) is 7.87. The van der Waals surface area contributed by atoms with E-state index in [0.717, 1.165) is 5.56 Å². The molecule has 2 amide bonds. The molecule has 3 aromatic carbocycles.